The van der Waals surface area contributed by atoms with Gasteiger partial charge in [-0.3, -0.25) is 0 Å². The zero-order chi connectivity index (χ0) is 26.9. The summed E-state index contributed by atoms with van der Waals surface area (Å²) in [6.07, 6.45) is -2.08. The van der Waals surface area contributed by atoms with Gasteiger partial charge >= 0.3 is 6.18 Å². The Morgan fingerprint density at radius 3 is 2.56 bits per heavy atom. The first kappa shape index (κ1) is 28.1. The number of anilines is 1. The number of hydrogen-bond acceptors (Lipinski definition) is 7. The van der Waals surface area contributed by atoms with Crippen molar-refractivity contribution in [1.29, 1.82) is 5.26 Å². The fourth-order valence-electron chi connectivity index (χ4n) is 4.78. The van der Waals surface area contributed by atoms with Crippen molar-refractivity contribution in [1.82, 2.24) is 25.0 Å². The third-order valence-corrected chi connectivity index (χ3v) is 6.88. The highest BCUT2D eigenvalue weighted by molar-refractivity contribution is 5.85. The Morgan fingerprint density at radius 2 is 1.87 bits per heavy atom. The minimum Gasteiger partial charge on any atom is -0.493 e. The summed E-state index contributed by atoms with van der Waals surface area (Å²) in [5.41, 5.74) is 1.36. The first-order valence-electron chi connectivity index (χ1n) is 12.4. The van der Waals surface area contributed by atoms with Crippen molar-refractivity contribution in [2.24, 2.45) is 13.0 Å². The van der Waals surface area contributed by atoms with E-state index in [1.807, 2.05) is 31.2 Å². The van der Waals surface area contributed by atoms with Crippen LogP contribution >= 0.6 is 12.4 Å². The van der Waals surface area contributed by atoms with Crippen molar-refractivity contribution in [3.05, 3.63) is 59.4 Å². The van der Waals surface area contributed by atoms with Crippen molar-refractivity contribution in [3.63, 3.8) is 0 Å². The van der Waals surface area contributed by atoms with E-state index in [1.165, 1.54) is 16.8 Å². The minimum absolute atomic E-state index is 0. The molecular formula is C27H27ClF3N7O. The second-order valence-electron chi connectivity index (χ2n) is 9.46. The monoisotopic (exact) mass is 557 g/mol. The van der Waals surface area contributed by atoms with Gasteiger partial charge in [0.2, 0.25) is 0 Å². The van der Waals surface area contributed by atoms with Crippen LogP contribution < -0.4 is 9.64 Å². The molecule has 0 saturated carbocycles. The fraction of sp³-hybridized carbons (Fsp3) is 0.370. The van der Waals surface area contributed by atoms with E-state index in [1.54, 1.807) is 13.1 Å². The molecule has 12 heteroatoms. The standard InChI is InChI=1S/C27H26F3N7O.ClH/c1-17-4-3-5-25(32-17)37-11-8-18(9-12-37)10-13-38-24-7-6-19(14-20(24)27(28,29)30)21-15-23-26(22(16-31)33-21)34-35-36(23)2;/h3-7,14-15,18H,8-13H2,1-2H3;1H. The summed E-state index contributed by atoms with van der Waals surface area (Å²) in [5.74, 6) is 1.12. The largest absolute Gasteiger partial charge is 0.493 e. The lowest BCUT2D eigenvalue weighted by Crippen LogP contribution is -2.34. The molecule has 1 aliphatic rings. The van der Waals surface area contributed by atoms with Gasteiger partial charge in [0.25, 0.3) is 0 Å². The maximum absolute atomic E-state index is 14.0. The Morgan fingerprint density at radius 1 is 1.10 bits per heavy atom. The molecule has 3 aromatic heterocycles. The zero-order valence-electron chi connectivity index (χ0n) is 21.4. The van der Waals surface area contributed by atoms with Crippen LogP contribution in [0.2, 0.25) is 0 Å². The number of benzene rings is 1. The number of aromatic nitrogens is 5. The van der Waals surface area contributed by atoms with Gasteiger partial charge in [-0.1, -0.05) is 11.3 Å². The number of alkyl halides is 3. The lowest BCUT2D eigenvalue weighted by atomic mass is 9.94. The van der Waals surface area contributed by atoms with Crippen molar-refractivity contribution in [3.8, 4) is 23.1 Å². The molecule has 0 bridgehead atoms. The predicted molar refractivity (Wildman–Crippen MR) is 143 cm³/mol. The van der Waals surface area contributed by atoms with Gasteiger partial charge in [0.15, 0.2) is 5.69 Å². The van der Waals surface area contributed by atoms with Crippen molar-refractivity contribution < 1.29 is 17.9 Å². The molecule has 1 aliphatic heterocycles. The first-order valence-corrected chi connectivity index (χ1v) is 12.4. The van der Waals surface area contributed by atoms with Crippen LogP contribution in [0.3, 0.4) is 0 Å². The maximum atomic E-state index is 14.0. The molecule has 0 amide bonds. The van der Waals surface area contributed by atoms with E-state index in [0.29, 0.717) is 23.4 Å². The molecule has 5 rings (SSSR count). The number of rotatable bonds is 6. The molecule has 4 aromatic rings. The Bertz CT molecular complexity index is 1510. The number of hydrogen-bond donors (Lipinski definition) is 0. The fourth-order valence-corrected chi connectivity index (χ4v) is 4.78. The van der Waals surface area contributed by atoms with E-state index in [9.17, 15) is 18.4 Å². The third kappa shape index (κ3) is 6.06. The van der Waals surface area contributed by atoms with Crippen LogP contribution in [0.4, 0.5) is 19.0 Å². The molecule has 0 radical (unpaired) electrons. The first-order chi connectivity index (χ1) is 18.2. The third-order valence-electron chi connectivity index (χ3n) is 6.88. The van der Waals surface area contributed by atoms with Crippen LogP contribution in [0.5, 0.6) is 5.75 Å². The quantitative estimate of drug-likeness (QED) is 0.299. The SMILES string of the molecule is Cc1cccc(N2CCC(CCOc3ccc(-c4cc5c(nnn5C)c(C#N)n4)cc3C(F)(F)F)CC2)n1.Cl. The number of nitrogens with zero attached hydrogens (tertiary/aromatic N) is 7. The smallest absolute Gasteiger partial charge is 0.419 e. The van der Waals surface area contributed by atoms with E-state index in [2.05, 4.69) is 25.2 Å². The summed E-state index contributed by atoms with van der Waals surface area (Å²) in [7, 11) is 1.64. The summed E-state index contributed by atoms with van der Waals surface area (Å²) in [4.78, 5) is 11.0. The molecule has 0 unspecified atom stereocenters. The Labute approximate surface area is 229 Å². The van der Waals surface area contributed by atoms with Crippen molar-refractivity contribution >= 4 is 29.3 Å². The van der Waals surface area contributed by atoms with Crippen LogP contribution in [0.25, 0.3) is 22.3 Å². The van der Waals surface area contributed by atoms with Gasteiger partial charge in [0.05, 0.1) is 23.4 Å². The van der Waals surface area contributed by atoms with E-state index in [-0.39, 0.29) is 41.7 Å². The molecule has 1 aromatic carbocycles. The second kappa shape index (κ2) is 11.5. The van der Waals surface area contributed by atoms with Gasteiger partial charge in [-0.05, 0) is 68.5 Å². The van der Waals surface area contributed by atoms with Gasteiger partial charge in [-0.25, -0.2) is 14.6 Å². The number of aryl methyl sites for hydroxylation is 2. The average Bonchev–Trinajstić information content (AvgIpc) is 3.28. The second-order valence-corrected chi connectivity index (χ2v) is 9.46. The van der Waals surface area contributed by atoms with Crippen LogP contribution in [-0.2, 0) is 13.2 Å². The van der Waals surface area contributed by atoms with Crippen LogP contribution in [-0.4, -0.2) is 44.7 Å². The summed E-state index contributed by atoms with van der Waals surface area (Å²) < 4.78 is 49.1. The summed E-state index contributed by atoms with van der Waals surface area (Å²) in [5, 5.41) is 17.2. The molecule has 39 heavy (non-hydrogen) atoms. The van der Waals surface area contributed by atoms with Crippen LogP contribution in [0.1, 0.15) is 36.2 Å². The summed E-state index contributed by atoms with van der Waals surface area (Å²) in [6.45, 7) is 3.88. The van der Waals surface area contributed by atoms with Crippen molar-refractivity contribution in [2.75, 3.05) is 24.6 Å². The number of pyridine rings is 2. The summed E-state index contributed by atoms with van der Waals surface area (Å²) in [6, 6.07) is 13.3. The van der Waals surface area contributed by atoms with Gasteiger partial charge in [0.1, 0.15) is 23.2 Å². The highest BCUT2D eigenvalue weighted by Crippen LogP contribution is 2.39. The molecule has 0 N–H and O–H groups in total. The highest BCUT2D eigenvalue weighted by atomic mass is 35.5. The number of halogens is 4. The lowest BCUT2D eigenvalue weighted by Gasteiger charge is -2.33. The van der Waals surface area contributed by atoms with Gasteiger partial charge in [-0.15, -0.1) is 17.5 Å². The minimum atomic E-state index is -4.62. The number of nitriles is 1. The van der Waals surface area contributed by atoms with Crippen molar-refractivity contribution in [2.45, 2.75) is 32.4 Å². The molecule has 1 saturated heterocycles. The van der Waals surface area contributed by atoms with E-state index < -0.39 is 11.7 Å². The predicted octanol–water partition coefficient (Wildman–Crippen LogP) is 5.73. The molecule has 0 aliphatic carbocycles. The van der Waals surface area contributed by atoms with Crippen LogP contribution in [0, 0.1) is 24.2 Å². The molecule has 0 atom stereocenters. The molecule has 204 valence electrons. The topological polar surface area (TPSA) is 92.8 Å². The molecule has 4 heterocycles. The molecule has 1 fully saturated rings. The zero-order valence-corrected chi connectivity index (χ0v) is 22.3. The lowest BCUT2D eigenvalue weighted by molar-refractivity contribution is -0.138. The normalized spacial score (nSPS) is 14.2. The van der Waals surface area contributed by atoms with Gasteiger partial charge < -0.3 is 9.64 Å². The molecule has 0 spiro atoms. The van der Waals surface area contributed by atoms with E-state index in [0.717, 1.165) is 43.5 Å². The highest BCUT2D eigenvalue weighted by Gasteiger charge is 2.35. The maximum Gasteiger partial charge on any atom is 0.419 e. The van der Waals surface area contributed by atoms with E-state index in [4.69, 9.17) is 4.74 Å². The Kier molecular flexibility index (Phi) is 8.25. The molecule has 8 nitrogen and oxygen atoms in total. The number of ether oxygens (including phenoxy) is 1. The number of piperidine rings is 1. The van der Waals surface area contributed by atoms with Crippen LogP contribution in [0.15, 0.2) is 42.5 Å². The number of fused-ring (bicyclic) bond motifs is 1. The van der Waals surface area contributed by atoms with E-state index >= 15 is 0 Å². The van der Waals surface area contributed by atoms with Gasteiger partial charge in [0, 0.05) is 31.4 Å². The molecular weight excluding hydrogens is 531 g/mol. The Hall–Kier alpha value is -3.91. The summed E-state index contributed by atoms with van der Waals surface area (Å²) >= 11 is 0. The average molecular weight is 558 g/mol. The van der Waals surface area contributed by atoms with Gasteiger partial charge in [-0.2, -0.15) is 18.4 Å². The Balaban J connectivity index is 0.00000353.